The lowest BCUT2D eigenvalue weighted by Crippen LogP contribution is -2.35. The summed E-state index contributed by atoms with van der Waals surface area (Å²) in [4.78, 5) is 22.1. The minimum Gasteiger partial charge on any atom is -0.355 e. The summed E-state index contributed by atoms with van der Waals surface area (Å²) in [6, 6.07) is 9.73. The second-order valence-electron chi connectivity index (χ2n) is 8.30. The molecule has 2 aliphatic heterocycles. The standard InChI is InChI=1S/C23H28Cl2N6O/c1-14-8-17(4-5-26-14)20-10-16(13-30-23-27-6-7-28-23)11-21(31-20)22(32)29-12-15-2-3-18(24)19(25)9-15/h2-3,9-11,14,17,26H,4-8,12-13H2,1H3,(H,29,32)(H2,27,28,30). The molecule has 170 valence electrons. The molecule has 2 aromatic rings. The van der Waals surface area contributed by atoms with Gasteiger partial charge in [-0.25, -0.2) is 4.98 Å². The number of piperidine rings is 1. The molecule has 2 atom stereocenters. The van der Waals surface area contributed by atoms with Gasteiger partial charge in [-0.05, 0) is 61.7 Å². The van der Waals surface area contributed by atoms with E-state index < -0.39 is 0 Å². The molecule has 1 saturated heterocycles. The normalized spacial score (nSPS) is 20.4. The molecule has 0 saturated carbocycles. The summed E-state index contributed by atoms with van der Waals surface area (Å²) in [5.41, 5.74) is 3.28. The molecule has 32 heavy (non-hydrogen) atoms. The Morgan fingerprint density at radius 1 is 1.12 bits per heavy atom. The molecule has 3 heterocycles. The van der Waals surface area contributed by atoms with Gasteiger partial charge in [0.1, 0.15) is 5.69 Å². The van der Waals surface area contributed by atoms with Gasteiger partial charge < -0.3 is 21.3 Å². The number of carbonyl (C=O) groups excluding carboxylic acids is 1. The van der Waals surface area contributed by atoms with E-state index in [1.165, 1.54) is 0 Å². The molecule has 4 N–H and O–H groups in total. The largest absolute Gasteiger partial charge is 0.355 e. The van der Waals surface area contributed by atoms with Gasteiger partial charge in [0.2, 0.25) is 0 Å². The monoisotopic (exact) mass is 474 g/mol. The van der Waals surface area contributed by atoms with Crippen molar-refractivity contribution in [1.82, 2.24) is 26.3 Å². The van der Waals surface area contributed by atoms with Gasteiger partial charge in [-0.3, -0.25) is 9.79 Å². The van der Waals surface area contributed by atoms with Crippen LogP contribution in [0.3, 0.4) is 0 Å². The highest BCUT2D eigenvalue weighted by Gasteiger charge is 2.23. The Bertz CT molecular complexity index is 1010. The molecule has 1 aromatic heterocycles. The van der Waals surface area contributed by atoms with Crippen LogP contribution in [0.1, 0.15) is 53.0 Å². The third-order valence-corrected chi connectivity index (χ3v) is 6.49. The number of nitrogens with one attached hydrogen (secondary N) is 4. The van der Waals surface area contributed by atoms with Gasteiger partial charge in [0.15, 0.2) is 5.96 Å². The predicted octanol–water partition coefficient (Wildman–Crippen LogP) is 3.22. The number of carbonyl (C=O) groups is 1. The lowest BCUT2D eigenvalue weighted by molar-refractivity contribution is 0.0945. The van der Waals surface area contributed by atoms with Crippen LogP contribution in [0, 0.1) is 0 Å². The number of halogens is 2. The molecule has 0 spiro atoms. The van der Waals surface area contributed by atoms with Crippen molar-refractivity contribution < 1.29 is 4.79 Å². The van der Waals surface area contributed by atoms with Crippen molar-refractivity contribution in [3.8, 4) is 0 Å². The average molecular weight is 475 g/mol. The third-order valence-electron chi connectivity index (χ3n) is 5.75. The van der Waals surface area contributed by atoms with Crippen molar-refractivity contribution in [2.75, 3.05) is 19.6 Å². The highest BCUT2D eigenvalue weighted by atomic mass is 35.5. The lowest BCUT2D eigenvalue weighted by atomic mass is 9.89. The number of hydrogen-bond donors (Lipinski definition) is 4. The van der Waals surface area contributed by atoms with Crippen LogP contribution in [0.4, 0.5) is 0 Å². The highest BCUT2D eigenvalue weighted by Crippen LogP contribution is 2.27. The van der Waals surface area contributed by atoms with Gasteiger partial charge in [0.25, 0.3) is 5.91 Å². The third kappa shape index (κ3) is 5.91. The zero-order chi connectivity index (χ0) is 22.5. The molecule has 0 aliphatic carbocycles. The molecule has 0 bridgehead atoms. The van der Waals surface area contributed by atoms with Gasteiger partial charge in [0.05, 0.1) is 16.6 Å². The Labute approximate surface area is 198 Å². The molecule has 9 heteroatoms. The van der Waals surface area contributed by atoms with Crippen molar-refractivity contribution in [1.29, 1.82) is 0 Å². The van der Waals surface area contributed by atoms with Crippen LogP contribution in [-0.2, 0) is 13.1 Å². The second kappa shape index (κ2) is 10.5. The average Bonchev–Trinajstić information content (AvgIpc) is 3.32. The predicted molar refractivity (Wildman–Crippen MR) is 128 cm³/mol. The Kier molecular flexibility index (Phi) is 7.50. The van der Waals surface area contributed by atoms with Crippen molar-refractivity contribution in [3.63, 3.8) is 0 Å². The SMILES string of the molecule is CC1CC(c2cc(CNC3=NCCN3)cc(C(=O)NCc3ccc(Cl)c(Cl)c3)n2)CCN1. The van der Waals surface area contributed by atoms with E-state index >= 15 is 0 Å². The molecule has 2 unspecified atom stereocenters. The highest BCUT2D eigenvalue weighted by molar-refractivity contribution is 6.42. The first-order chi connectivity index (χ1) is 15.5. The fourth-order valence-corrected chi connectivity index (χ4v) is 4.38. The fourth-order valence-electron chi connectivity index (χ4n) is 4.06. The molecular weight excluding hydrogens is 447 g/mol. The first-order valence-electron chi connectivity index (χ1n) is 11.0. The molecule has 4 rings (SSSR count). The summed E-state index contributed by atoms with van der Waals surface area (Å²) in [6.45, 7) is 5.69. The number of amides is 1. The summed E-state index contributed by atoms with van der Waals surface area (Å²) >= 11 is 12.1. The summed E-state index contributed by atoms with van der Waals surface area (Å²) in [7, 11) is 0. The molecular formula is C23H28Cl2N6O. The van der Waals surface area contributed by atoms with Crippen molar-refractivity contribution in [2.45, 2.75) is 44.8 Å². The van der Waals surface area contributed by atoms with Gasteiger partial charge >= 0.3 is 0 Å². The smallest absolute Gasteiger partial charge is 0.270 e. The zero-order valence-electron chi connectivity index (χ0n) is 18.0. The topological polar surface area (TPSA) is 90.4 Å². The Hall–Kier alpha value is -2.35. The van der Waals surface area contributed by atoms with Crippen LogP contribution >= 0.6 is 23.2 Å². The van der Waals surface area contributed by atoms with E-state index in [1.807, 2.05) is 12.1 Å². The van der Waals surface area contributed by atoms with E-state index in [0.717, 1.165) is 55.3 Å². The van der Waals surface area contributed by atoms with Crippen molar-refractivity contribution in [3.05, 3.63) is 62.9 Å². The van der Waals surface area contributed by atoms with Crippen LogP contribution in [0.2, 0.25) is 10.0 Å². The van der Waals surface area contributed by atoms with Crippen molar-refractivity contribution >= 4 is 35.1 Å². The molecule has 7 nitrogen and oxygen atoms in total. The molecule has 1 fully saturated rings. The van der Waals surface area contributed by atoms with E-state index in [1.54, 1.807) is 12.1 Å². The van der Waals surface area contributed by atoms with Crippen LogP contribution in [0.15, 0.2) is 35.3 Å². The number of nitrogens with zero attached hydrogens (tertiary/aromatic N) is 2. The number of rotatable bonds is 6. The molecule has 2 aliphatic rings. The van der Waals surface area contributed by atoms with Crippen LogP contribution in [0.25, 0.3) is 0 Å². The molecule has 0 radical (unpaired) electrons. The summed E-state index contributed by atoms with van der Waals surface area (Å²) in [5.74, 6) is 0.914. The Balaban J connectivity index is 1.51. The fraction of sp³-hybridized carbons (Fsp3) is 0.435. The van der Waals surface area contributed by atoms with Crippen LogP contribution in [0.5, 0.6) is 0 Å². The number of pyridine rings is 1. The quantitative estimate of drug-likeness (QED) is 0.515. The first kappa shape index (κ1) is 22.8. The number of hydrogen-bond acceptors (Lipinski definition) is 6. The summed E-state index contributed by atoms with van der Waals surface area (Å²) in [5, 5.41) is 13.9. The van der Waals surface area contributed by atoms with E-state index in [2.05, 4.69) is 39.2 Å². The molecule has 1 aromatic carbocycles. The molecule has 1 amide bonds. The lowest BCUT2D eigenvalue weighted by Gasteiger charge is -2.28. The zero-order valence-corrected chi connectivity index (χ0v) is 19.6. The number of guanidine groups is 1. The minimum absolute atomic E-state index is 0.211. The van der Waals surface area contributed by atoms with Crippen molar-refractivity contribution in [2.24, 2.45) is 4.99 Å². The second-order valence-corrected chi connectivity index (χ2v) is 9.12. The van der Waals surface area contributed by atoms with Crippen LogP contribution < -0.4 is 21.3 Å². The Morgan fingerprint density at radius 2 is 2.00 bits per heavy atom. The summed E-state index contributed by atoms with van der Waals surface area (Å²) < 4.78 is 0. The summed E-state index contributed by atoms with van der Waals surface area (Å²) in [6.07, 6.45) is 2.01. The minimum atomic E-state index is -0.211. The van der Waals surface area contributed by atoms with E-state index in [0.29, 0.717) is 40.8 Å². The van der Waals surface area contributed by atoms with E-state index in [-0.39, 0.29) is 5.91 Å². The maximum Gasteiger partial charge on any atom is 0.270 e. The van der Waals surface area contributed by atoms with Gasteiger partial charge in [-0.15, -0.1) is 0 Å². The maximum absolute atomic E-state index is 13.0. The van der Waals surface area contributed by atoms with Crippen LogP contribution in [-0.4, -0.2) is 42.5 Å². The first-order valence-corrected chi connectivity index (χ1v) is 11.7. The number of aliphatic imine (C=N–C) groups is 1. The van der Waals surface area contributed by atoms with Gasteiger partial charge in [-0.1, -0.05) is 29.3 Å². The Morgan fingerprint density at radius 3 is 2.75 bits per heavy atom. The number of benzene rings is 1. The van der Waals surface area contributed by atoms with Gasteiger partial charge in [-0.2, -0.15) is 0 Å². The van der Waals surface area contributed by atoms with E-state index in [9.17, 15) is 4.79 Å². The number of aromatic nitrogens is 1. The maximum atomic E-state index is 13.0. The van der Waals surface area contributed by atoms with Gasteiger partial charge in [0, 0.05) is 37.3 Å². The van der Waals surface area contributed by atoms with E-state index in [4.69, 9.17) is 28.2 Å².